The van der Waals surface area contributed by atoms with E-state index in [1.165, 1.54) is 6.42 Å². The van der Waals surface area contributed by atoms with E-state index in [0.29, 0.717) is 17.9 Å². The second-order valence-electron chi connectivity index (χ2n) is 7.03. The molecule has 0 unspecified atom stereocenters. The molecule has 1 heterocycles. The number of oxazole rings is 1. The number of nitrogens with zero attached hydrogens (tertiary/aromatic N) is 2. The summed E-state index contributed by atoms with van der Waals surface area (Å²) in [6.07, 6.45) is 3.98. The van der Waals surface area contributed by atoms with E-state index in [9.17, 15) is 0 Å². The van der Waals surface area contributed by atoms with Crippen LogP contribution in [0.15, 0.2) is 46.0 Å². The van der Waals surface area contributed by atoms with Crippen molar-refractivity contribution in [3.05, 3.63) is 42.3 Å². The van der Waals surface area contributed by atoms with Crippen molar-refractivity contribution >= 4 is 5.96 Å². The highest BCUT2D eigenvalue weighted by Crippen LogP contribution is 2.20. The third-order valence-electron chi connectivity index (χ3n) is 3.63. The highest BCUT2D eigenvalue weighted by molar-refractivity contribution is 5.79. The minimum Gasteiger partial charge on any atom is -0.444 e. The second-order valence-corrected chi connectivity index (χ2v) is 7.03. The lowest BCUT2D eigenvalue weighted by atomic mass is 9.91. The van der Waals surface area contributed by atoms with Crippen LogP contribution in [0.1, 0.15) is 39.3 Å². The number of hydrogen-bond acceptors (Lipinski definition) is 3. The van der Waals surface area contributed by atoms with Gasteiger partial charge in [0, 0.05) is 19.2 Å². The van der Waals surface area contributed by atoms with Crippen molar-refractivity contribution in [2.45, 2.75) is 40.2 Å². The van der Waals surface area contributed by atoms with E-state index in [0.717, 1.165) is 30.2 Å². The van der Waals surface area contributed by atoms with E-state index in [1.54, 1.807) is 13.3 Å². The molecule has 0 amide bonds. The first-order valence-corrected chi connectivity index (χ1v) is 8.42. The minimum absolute atomic E-state index is 0.368. The molecule has 130 valence electrons. The van der Waals surface area contributed by atoms with Gasteiger partial charge in [0.05, 0.1) is 12.2 Å². The van der Waals surface area contributed by atoms with Crippen LogP contribution in [-0.2, 0) is 6.54 Å². The summed E-state index contributed by atoms with van der Waals surface area (Å²) in [6, 6.07) is 9.89. The average Bonchev–Trinajstić information content (AvgIpc) is 3.03. The number of aliphatic imine (C=N–C) groups is 1. The molecule has 5 nitrogen and oxygen atoms in total. The SMILES string of the molecule is CN=C(NCCCC(C)(C)C)NCc1coc(-c2ccccc2)n1. The zero-order valence-electron chi connectivity index (χ0n) is 15.1. The molecule has 1 aromatic carbocycles. The number of guanidine groups is 1. The first kappa shape index (κ1) is 18.0. The molecule has 0 aliphatic carbocycles. The predicted molar refractivity (Wildman–Crippen MR) is 98.8 cm³/mol. The van der Waals surface area contributed by atoms with Crippen LogP contribution in [0.4, 0.5) is 0 Å². The van der Waals surface area contributed by atoms with Gasteiger partial charge in [0.15, 0.2) is 5.96 Å². The quantitative estimate of drug-likeness (QED) is 0.480. The first-order valence-electron chi connectivity index (χ1n) is 8.42. The standard InChI is InChI=1S/C19H28N4O/c1-19(2,3)11-8-12-21-18(20-4)22-13-16-14-24-17(23-16)15-9-6-5-7-10-15/h5-7,9-10,14H,8,11-13H2,1-4H3,(H2,20,21,22). The van der Waals surface area contributed by atoms with E-state index in [-0.39, 0.29) is 0 Å². The van der Waals surface area contributed by atoms with Crippen LogP contribution < -0.4 is 10.6 Å². The van der Waals surface area contributed by atoms with Crippen LogP contribution in [-0.4, -0.2) is 24.5 Å². The molecule has 2 N–H and O–H groups in total. The molecule has 2 rings (SSSR count). The zero-order valence-corrected chi connectivity index (χ0v) is 15.1. The second kappa shape index (κ2) is 8.52. The van der Waals surface area contributed by atoms with Crippen molar-refractivity contribution in [3.63, 3.8) is 0 Å². The van der Waals surface area contributed by atoms with Gasteiger partial charge in [-0.05, 0) is 30.4 Å². The third kappa shape index (κ3) is 6.07. The third-order valence-corrected chi connectivity index (χ3v) is 3.63. The van der Waals surface area contributed by atoms with E-state index in [2.05, 4.69) is 41.4 Å². The molecule has 0 radical (unpaired) electrons. The highest BCUT2D eigenvalue weighted by atomic mass is 16.3. The van der Waals surface area contributed by atoms with Crippen LogP contribution in [0, 0.1) is 5.41 Å². The number of hydrogen-bond donors (Lipinski definition) is 2. The molecule has 2 aromatic rings. The maximum absolute atomic E-state index is 5.54. The molecule has 5 heteroatoms. The van der Waals surface area contributed by atoms with Gasteiger partial charge >= 0.3 is 0 Å². The number of benzene rings is 1. The molecular formula is C19H28N4O. The Morgan fingerprint density at radius 2 is 1.92 bits per heavy atom. The number of aromatic nitrogens is 1. The first-order chi connectivity index (χ1) is 11.5. The fourth-order valence-electron chi connectivity index (χ4n) is 2.32. The Labute approximate surface area is 144 Å². The summed E-state index contributed by atoms with van der Waals surface area (Å²) in [4.78, 5) is 8.74. The van der Waals surface area contributed by atoms with E-state index >= 15 is 0 Å². The monoisotopic (exact) mass is 328 g/mol. The lowest BCUT2D eigenvalue weighted by Crippen LogP contribution is -2.37. The Kier molecular flexibility index (Phi) is 6.41. The van der Waals surface area contributed by atoms with E-state index in [4.69, 9.17) is 4.42 Å². The molecule has 0 saturated carbocycles. The van der Waals surface area contributed by atoms with E-state index < -0.39 is 0 Å². The Morgan fingerprint density at radius 1 is 1.17 bits per heavy atom. The summed E-state index contributed by atoms with van der Waals surface area (Å²) in [6.45, 7) is 8.26. The van der Waals surface area contributed by atoms with Gasteiger partial charge in [0.1, 0.15) is 6.26 Å². The summed E-state index contributed by atoms with van der Waals surface area (Å²) in [5.74, 6) is 1.42. The van der Waals surface area contributed by atoms with Crippen LogP contribution in [0.25, 0.3) is 11.5 Å². The maximum atomic E-state index is 5.54. The smallest absolute Gasteiger partial charge is 0.226 e. The van der Waals surface area contributed by atoms with Crippen molar-refractivity contribution in [1.29, 1.82) is 0 Å². The van der Waals surface area contributed by atoms with Gasteiger partial charge in [0.2, 0.25) is 5.89 Å². The molecule has 0 aliphatic heterocycles. The predicted octanol–water partition coefficient (Wildman–Crippen LogP) is 3.83. The fourth-order valence-corrected chi connectivity index (χ4v) is 2.32. The number of nitrogens with one attached hydrogen (secondary N) is 2. The summed E-state index contributed by atoms with van der Waals surface area (Å²) >= 11 is 0. The normalized spacial score (nSPS) is 12.2. The molecule has 0 fully saturated rings. The minimum atomic E-state index is 0.368. The van der Waals surface area contributed by atoms with Gasteiger partial charge in [0.25, 0.3) is 0 Å². The van der Waals surface area contributed by atoms with Gasteiger partial charge in [-0.2, -0.15) is 0 Å². The van der Waals surface area contributed by atoms with Crippen molar-refractivity contribution in [1.82, 2.24) is 15.6 Å². The molecule has 0 bridgehead atoms. The van der Waals surface area contributed by atoms with Crippen molar-refractivity contribution in [2.24, 2.45) is 10.4 Å². The summed E-state index contributed by atoms with van der Waals surface area (Å²) in [5, 5.41) is 6.60. The lowest BCUT2D eigenvalue weighted by Gasteiger charge is -2.18. The van der Waals surface area contributed by atoms with Crippen LogP contribution in [0.3, 0.4) is 0 Å². The van der Waals surface area contributed by atoms with Crippen molar-refractivity contribution < 1.29 is 4.42 Å². The van der Waals surface area contributed by atoms with Crippen LogP contribution in [0.5, 0.6) is 0 Å². The number of rotatable bonds is 6. The largest absolute Gasteiger partial charge is 0.444 e. The topological polar surface area (TPSA) is 62.5 Å². The maximum Gasteiger partial charge on any atom is 0.226 e. The summed E-state index contributed by atoms with van der Waals surface area (Å²) in [7, 11) is 1.78. The van der Waals surface area contributed by atoms with Gasteiger partial charge < -0.3 is 15.1 Å². The van der Waals surface area contributed by atoms with E-state index in [1.807, 2.05) is 30.3 Å². The molecule has 24 heavy (non-hydrogen) atoms. The van der Waals surface area contributed by atoms with Gasteiger partial charge in [-0.1, -0.05) is 39.0 Å². The highest BCUT2D eigenvalue weighted by Gasteiger charge is 2.10. The summed E-state index contributed by atoms with van der Waals surface area (Å²) in [5.41, 5.74) is 2.20. The molecule has 1 aromatic heterocycles. The molecule has 0 saturated heterocycles. The molecule has 0 atom stereocenters. The average molecular weight is 328 g/mol. The van der Waals surface area contributed by atoms with Gasteiger partial charge in [-0.3, -0.25) is 4.99 Å². The molecule has 0 spiro atoms. The van der Waals surface area contributed by atoms with Gasteiger partial charge in [-0.25, -0.2) is 4.98 Å². The molecule has 0 aliphatic rings. The fraction of sp³-hybridized carbons (Fsp3) is 0.474. The van der Waals surface area contributed by atoms with Crippen LogP contribution in [0.2, 0.25) is 0 Å². The van der Waals surface area contributed by atoms with Gasteiger partial charge in [-0.15, -0.1) is 0 Å². The molecular weight excluding hydrogens is 300 g/mol. The zero-order chi connectivity index (χ0) is 17.4. The van der Waals surface area contributed by atoms with Crippen LogP contribution >= 0.6 is 0 Å². The van der Waals surface area contributed by atoms with Crippen molar-refractivity contribution in [2.75, 3.05) is 13.6 Å². The Bertz CT molecular complexity index is 641. The summed E-state index contributed by atoms with van der Waals surface area (Å²) < 4.78 is 5.54. The van der Waals surface area contributed by atoms with Crippen molar-refractivity contribution in [3.8, 4) is 11.5 Å². The Morgan fingerprint density at radius 3 is 2.58 bits per heavy atom. The Balaban J connectivity index is 1.78. The lowest BCUT2D eigenvalue weighted by molar-refractivity contribution is 0.365. The Hall–Kier alpha value is -2.30.